The summed E-state index contributed by atoms with van der Waals surface area (Å²) >= 11 is 0. The molecule has 0 aromatic heterocycles. The Morgan fingerprint density at radius 3 is 1.31 bits per heavy atom. The minimum atomic E-state index is -0.804. The Labute approximate surface area is 319 Å². The molecule has 0 spiro atoms. The van der Waals surface area contributed by atoms with Gasteiger partial charge in [0.25, 0.3) is 0 Å². The fraction of sp³-hybridized carbons (Fsp3) is 0.574. The lowest BCUT2D eigenvalue weighted by molar-refractivity contribution is -0.161. The summed E-state index contributed by atoms with van der Waals surface area (Å²) in [4.78, 5) is 24.2. The van der Waals surface area contributed by atoms with E-state index in [1.807, 2.05) is 0 Å². The molecule has 0 aliphatic rings. The van der Waals surface area contributed by atoms with Gasteiger partial charge >= 0.3 is 11.9 Å². The zero-order chi connectivity index (χ0) is 37.8. The van der Waals surface area contributed by atoms with Crippen LogP contribution < -0.4 is 0 Å². The second-order valence-electron chi connectivity index (χ2n) is 13.0. The van der Waals surface area contributed by atoms with Crippen molar-refractivity contribution in [3.63, 3.8) is 0 Å². The first kappa shape index (κ1) is 48.6. The molecule has 0 rings (SSSR count). The molecule has 0 aromatic carbocycles. The molecule has 0 fully saturated rings. The van der Waals surface area contributed by atoms with E-state index in [1.54, 1.807) is 0 Å². The van der Waals surface area contributed by atoms with Gasteiger partial charge in [-0.25, -0.2) is 0 Å². The molecule has 1 unspecified atom stereocenters. The number of hydrogen-bond donors (Lipinski definition) is 1. The van der Waals surface area contributed by atoms with Gasteiger partial charge in [0.2, 0.25) is 0 Å². The quantitative estimate of drug-likeness (QED) is 0.0401. The highest BCUT2D eigenvalue weighted by Crippen LogP contribution is 2.10. The second kappa shape index (κ2) is 42.0. The van der Waals surface area contributed by atoms with Crippen molar-refractivity contribution in [1.82, 2.24) is 0 Å². The number of ether oxygens (including phenoxy) is 2. The van der Waals surface area contributed by atoms with E-state index in [0.717, 1.165) is 96.3 Å². The summed E-state index contributed by atoms with van der Waals surface area (Å²) in [6, 6.07) is 0. The first-order valence-corrected chi connectivity index (χ1v) is 20.4. The van der Waals surface area contributed by atoms with Crippen molar-refractivity contribution in [2.24, 2.45) is 0 Å². The average Bonchev–Trinajstić information content (AvgIpc) is 3.15. The average molecular weight is 719 g/mol. The van der Waals surface area contributed by atoms with Crippen molar-refractivity contribution < 1.29 is 24.2 Å². The Morgan fingerprint density at radius 1 is 0.462 bits per heavy atom. The van der Waals surface area contributed by atoms with Crippen LogP contribution in [0.2, 0.25) is 0 Å². The van der Waals surface area contributed by atoms with E-state index in [-0.39, 0.29) is 25.2 Å². The highest BCUT2D eigenvalue weighted by Gasteiger charge is 2.16. The standard InChI is InChI=1S/C47H74O5/c1-3-5-7-9-11-13-15-16-17-18-19-20-21-22-23-24-25-26-27-28-29-30-32-34-36-38-40-42-47(50)52-45(43-48)44-51-46(49)41-39-37-35-33-31-14-12-10-8-6-4-2/h5,7,10-13,16-17,19-20,22-23,25-26,28-29,32,34,45,48H,3-4,6,8-9,14-15,18,21,24,27,30-31,33,35-44H2,1-2H3/b7-5-,12-10-,13-11-,17-16-,20-19-,23-22-,26-25-,29-28-,34-32-. The number of carbonyl (C=O) groups excluding carboxylic acids is 2. The molecular formula is C47H74O5. The van der Waals surface area contributed by atoms with Crippen LogP contribution in [0.1, 0.15) is 155 Å². The van der Waals surface area contributed by atoms with Crippen LogP contribution in [0.25, 0.3) is 0 Å². The van der Waals surface area contributed by atoms with Crippen LogP contribution in [0, 0.1) is 0 Å². The van der Waals surface area contributed by atoms with Crippen LogP contribution in [-0.2, 0) is 19.1 Å². The smallest absolute Gasteiger partial charge is 0.306 e. The molecule has 0 bridgehead atoms. The van der Waals surface area contributed by atoms with Gasteiger partial charge in [-0.05, 0) is 96.3 Å². The van der Waals surface area contributed by atoms with Crippen molar-refractivity contribution in [3.8, 4) is 0 Å². The Bertz CT molecular complexity index is 1090. The van der Waals surface area contributed by atoms with Gasteiger partial charge in [0.15, 0.2) is 6.10 Å². The Balaban J connectivity index is 3.73. The van der Waals surface area contributed by atoms with Gasteiger partial charge in [-0.3, -0.25) is 9.59 Å². The fourth-order valence-corrected chi connectivity index (χ4v) is 4.96. The molecular weight excluding hydrogens is 645 g/mol. The summed E-state index contributed by atoms with van der Waals surface area (Å²) in [7, 11) is 0. The molecule has 0 aromatic rings. The Kier molecular flexibility index (Phi) is 39.2. The van der Waals surface area contributed by atoms with Crippen molar-refractivity contribution in [3.05, 3.63) is 109 Å². The van der Waals surface area contributed by atoms with Crippen LogP contribution in [0.15, 0.2) is 109 Å². The molecule has 0 aliphatic carbocycles. The summed E-state index contributed by atoms with van der Waals surface area (Å²) < 4.78 is 10.5. The van der Waals surface area contributed by atoms with Gasteiger partial charge in [-0.15, -0.1) is 0 Å². The van der Waals surface area contributed by atoms with E-state index in [0.29, 0.717) is 12.8 Å². The van der Waals surface area contributed by atoms with Crippen molar-refractivity contribution in [1.29, 1.82) is 0 Å². The minimum Gasteiger partial charge on any atom is -0.462 e. The topological polar surface area (TPSA) is 72.8 Å². The molecule has 5 nitrogen and oxygen atoms in total. The molecule has 0 saturated heterocycles. The number of allylic oxidation sites excluding steroid dienone is 18. The molecule has 52 heavy (non-hydrogen) atoms. The first-order chi connectivity index (χ1) is 25.6. The third-order valence-corrected chi connectivity index (χ3v) is 8.05. The van der Waals surface area contributed by atoms with Gasteiger partial charge in [0.1, 0.15) is 6.61 Å². The number of unbranched alkanes of at least 4 members (excludes halogenated alkanes) is 9. The van der Waals surface area contributed by atoms with Gasteiger partial charge in [-0.2, -0.15) is 0 Å². The number of aliphatic hydroxyl groups is 1. The van der Waals surface area contributed by atoms with E-state index < -0.39 is 6.10 Å². The maximum absolute atomic E-state index is 12.2. The van der Waals surface area contributed by atoms with Crippen LogP contribution >= 0.6 is 0 Å². The maximum atomic E-state index is 12.2. The van der Waals surface area contributed by atoms with E-state index in [9.17, 15) is 14.7 Å². The molecule has 0 saturated carbocycles. The molecule has 0 heterocycles. The van der Waals surface area contributed by atoms with Crippen LogP contribution in [0.4, 0.5) is 0 Å². The molecule has 1 N–H and O–H groups in total. The summed E-state index contributed by atoms with van der Waals surface area (Å²) in [5, 5.41) is 9.54. The van der Waals surface area contributed by atoms with Crippen LogP contribution in [-0.4, -0.2) is 36.4 Å². The summed E-state index contributed by atoms with van der Waals surface area (Å²) in [5.41, 5.74) is 0. The van der Waals surface area contributed by atoms with E-state index in [1.165, 1.54) is 32.1 Å². The molecule has 292 valence electrons. The largest absolute Gasteiger partial charge is 0.462 e. The van der Waals surface area contributed by atoms with Gasteiger partial charge in [0, 0.05) is 12.8 Å². The van der Waals surface area contributed by atoms with Crippen LogP contribution in [0.3, 0.4) is 0 Å². The number of esters is 2. The highest BCUT2D eigenvalue weighted by atomic mass is 16.6. The van der Waals surface area contributed by atoms with Gasteiger partial charge < -0.3 is 14.6 Å². The number of aliphatic hydroxyl groups excluding tert-OH is 1. The van der Waals surface area contributed by atoms with E-state index >= 15 is 0 Å². The van der Waals surface area contributed by atoms with Crippen molar-refractivity contribution in [2.75, 3.05) is 13.2 Å². The lowest BCUT2D eigenvalue weighted by atomic mass is 10.1. The van der Waals surface area contributed by atoms with Crippen molar-refractivity contribution >= 4 is 11.9 Å². The van der Waals surface area contributed by atoms with E-state index in [2.05, 4.69) is 123 Å². The molecule has 0 amide bonds. The predicted octanol–water partition coefficient (Wildman–Crippen LogP) is 13.1. The summed E-state index contributed by atoms with van der Waals surface area (Å²) in [6.45, 7) is 3.91. The normalized spacial score (nSPS) is 13.4. The lowest BCUT2D eigenvalue weighted by Gasteiger charge is -2.15. The Morgan fingerprint density at radius 2 is 0.827 bits per heavy atom. The van der Waals surface area contributed by atoms with Gasteiger partial charge in [-0.1, -0.05) is 155 Å². The number of rotatable bonds is 35. The first-order valence-electron chi connectivity index (χ1n) is 20.4. The molecule has 5 heteroatoms. The zero-order valence-corrected chi connectivity index (χ0v) is 33.0. The predicted molar refractivity (Wildman–Crippen MR) is 223 cm³/mol. The fourth-order valence-electron chi connectivity index (χ4n) is 4.96. The zero-order valence-electron chi connectivity index (χ0n) is 33.0. The Hall–Kier alpha value is -3.44. The molecule has 0 radical (unpaired) electrons. The van der Waals surface area contributed by atoms with Crippen LogP contribution in [0.5, 0.6) is 0 Å². The highest BCUT2D eigenvalue weighted by molar-refractivity contribution is 5.70. The monoisotopic (exact) mass is 719 g/mol. The lowest BCUT2D eigenvalue weighted by Crippen LogP contribution is -2.28. The number of carbonyl (C=O) groups is 2. The number of hydrogen-bond acceptors (Lipinski definition) is 5. The summed E-state index contributed by atoms with van der Waals surface area (Å²) in [5.74, 6) is -0.666. The molecule has 0 aliphatic heterocycles. The second-order valence-corrected chi connectivity index (χ2v) is 13.0. The van der Waals surface area contributed by atoms with Gasteiger partial charge in [0.05, 0.1) is 6.61 Å². The third kappa shape index (κ3) is 39.3. The third-order valence-electron chi connectivity index (χ3n) is 8.05. The summed E-state index contributed by atoms with van der Waals surface area (Å²) in [6.07, 6.45) is 60.1. The maximum Gasteiger partial charge on any atom is 0.306 e. The SMILES string of the molecule is CC/C=C\C/C=C\C/C=C\C/C=C\C/C=C\C/C=C\C/C=C\C/C=C\CCCCC(=O)OC(CO)COC(=O)CCCCCCC/C=C\CCCC. The minimum absolute atomic E-state index is 0.0954. The van der Waals surface area contributed by atoms with E-state index in [4.69, 9.17) is 9.47 Å². The molecule has 1 atom stereocenters. The van der Waals surface area contributed by atoms with Crippen molar-refractivity contribution in [2.45, 2.75) is 161 Å².